The number of nitrogens with one attached hydrogen (secondary N) is 1. The Kier molecular flexibility index (Phi) is 4.88. The number of para-hydroxylation sites is 1. The molecule has 0 radical (unpaired) electrons. The lowest BCUT2D eigenvalue weighted by atomic mass is 10.1. The molecule has 19 heavy (non-hydrogen) atoms. The number of likely N-dealkylation sites (N-methyl/N-ethyl adjacent to an activating group) is 1. The summed E-state index contributed by atoms with van der Waals surface area (Å²) in [6.45, 7) is 7.37. The first-order valence-electron chi connectivity index (χ1n) is 6.92. The fourth-order valence-electron chi connectivity index (χ4n) is 2.05. The van der Waals surface area contributed by atoms with E-state index in [9.17, 15) is 0 Å². The molecule has 1 N–H and O–H groups in total. The van der Waals surface area contributed by atoms with E-state index in [1.54, 1.807) is 0 Å². The predicted octanol–water partition coefficient (Wildman–Crippen LogP) is 2.66. The number of hydrogen-bond donors (Lipinski definition) is 1. The van der Waals surface area contributed by atoms with Crippen LogP contribution in [0.25, 0.3) is 10.9 Å². The summed E-state index contributed by atoms with van der Waals surface area (Å²) in [5.41, 5.74) is 2.38. The van der Waals surface area contributed by atoms with Gasteiger partial charge in [0.05, 0.1) is 5.52 Å². The van der Waals surface area contributed by atoms with Crippen molar-refractivity contribution in [2.24, 2.45) is 0 Å². The van der Waals surface area contributed by atoms with Crippen molar-refractivity contribution in [3.8, 4) is 0 Å². The Morgan fingerprint density at radius 3 is 2.79 bits per heavy atom. The zero-order valence-corrected chi connectivity index (χ0v) is 12.1. The van der Waals surface area contributed by atoms with Gasteiger partial charge in [-0.3, -0.25) is 4.98 Å². The van der Waals surface area contributed by atoms with Gasteiger partial charge in [0.1, 0.15) is 0 Å². The molecular formula is C16H23N3. The van der Waals surface area contributed by atoms with Crippen LogP contribution in [0, 0.1) is 0 Å². The standard InChI is InChI=1S/C16H23N3/c1-13(2)19(3)11-10-17-12-15-7-4-6-14-8-5-9-18-16(14)15/h4-9,13,17H,10-12H2,1-3H3. The summed E-state index contributed by atoms with van der Waals surface area (Å²) >= 11 is 0. The second-order valence-electron chi connectivity index (χ2n) is 5.24. The second kappa shape index (κ2) is 6.64. The molecule has 1 heterocycles. The lowest BCUT2D eigenvalue weighted by Crippen LogP contribution is -2.33. The Labute approximate surface area is 115 Å². The Balaban J connectivity index is 1.92. The Bertz CT molecular complexity index is 517. The minimum Gasteiger partial charge on any atom is -0.311 e. The number of pyridine rings is 1. The normalized spacial score (nSPS) is 11.6. The van der Waals surface area contributed by atoms with Crippen molar-refractivity contribution in [3.63, 3.8) is 0 Å². The molecule has 0 saturated carbocycles. The minimum absolute atomic E-state index is 0.598. The number of aromatic nitrogens is 1. The number of nitrogens with zero attached hydrogens (tertiary/aromatic N) is 2. The molecule has 0 aliphatic rings. The number of rotatable bonds is 6. The molecule has 0 atom stereocenters. The average Bonchev–Trinajstić information content (AvgIpc) is 2.43. The van der Waals surface area contributed by atoms with E-state index in [1.807, 2.05) is 12.3 Å². The van der Waals surface area contributed by atoms with Gasteiger partial charge in [-0.2, -0.15) is 0 Å². The van der Waals surface area contributed by atoms with E-state index >= 15 is 0 Å². The maximum atomic E-state index is 4.47. The third-order valence-electron chi connectivity index (χ3n) is 3.55. The molecule has 0 saturated heterocycles. The fourth-order valence-corrected chi connectivity index (χ4v) is 2.05. The summed E-state index contributed by atoms with van der Waals surface area (Å²) in [6, 6.07) is 11.0. The molecule has 2 aromatic rings. The summed E-state index contributed by atoms with van der Waals surface area (Å²) in [5.74, 6) is 0. The van der Waals surface area contributed by atoms with Gasteiger partial charge in [0.15, 0.2) is 0 Å². The van der Waals surface area contributed by atoms with E-state index in [0.717, 1.165) is 25.2 Å². The van der Waals surface area contributed by atoms with E-state index in [4.69, 9.17) is 0 Å². The van der Waals surface area contributed by atoms with Crippen LogP contribution in [0.2, 0.25) is 0 Å². The fraction of sp³-hybridized carbons (Fsp3) is 0.438. The van der Waals surface area contributed by atoms with Crippen LogP contribution in [0.5, 0.6) is 0 Å². The highest BCUT2D eigenvalue weighted by atomic mass is 15.1. The predicted molar refractivity (Wildman–Crippen MR) is 81.2 cm³/mol. The smallest absolute Gasteiger partial charge is 0.0746 e. The van der Waals surface area contributed by atoms with Crippen LogP contribution in [-0.2, 0) is 6.54 Å². The van der Waals surface area contributed by atoms with E-state index < -0.39 is 0 Å². The van der Waals surface area contributed by atoms with Crippen molar-refractivity contribution < 1.29 is 0 Å². The highest BCUT2D eigenvalue weighted by molar-refractivity contribution is 5.81. The molecule has 102 valence electrons. The summed E-state index contributed by atoms with van der Waals surface area (Å²) in [7, 11) is 2.16. The van der Waals surface area contributed by atoms with Crippen LogP contribution in [0.4, 0.5) is 0 Å². The largest absolute Gasteiger partial charge is 0.311 e. The van der Waals surface area contributed by atoms with Gasteiger partial charge in [-0.25, -0.2) is 0 Å². The molecule has 0 amide bonds. The summed E-state index contributed by atoms with van der Waals surface area (Å²) in [6.07, 6.45) is 1.86. The molecule has 0 aliphatic carbocycles. The van der Waals surface area contributed by atoms with Gasteiger partial charge in [0.2, 0.25) is 0 Å². The minimum atomic E-state index is 0.598. The van der Waals surface area contributed by atoms with Gasteiger partial charge in [-0.05, 0) is 32.5 Å². The summed E-state index contributed by atoms with van der Waals surface area (Å²) in [5, 5.41) is 4.71. The third kappa shape index (κ3) is 3.75. The lowest BCUT2D eigenvalue weighted by Gasteiger charge is -2.21. The topological polar surface area (TPSA) is 28.2 Å². The maximum Gasteiger partial charge on any atom is 0.0746 e. The Morgan fingerprint density at radius 2 is 2.00 bits per heavy atom. The Morgan fingerprint density at radius 1 is 1.21 bits per heavy atom. The molecule has 3 heteroatoms. The Hall–Kier alpha value is -1.45. The van der Waals surface area contributed by atoms with E-state index in [1.165, 1.54) is 10.9 Å². The molecule has 1 aromatic carbocycles. The van der Waals surface area contributed by atoms with Crippen molar-refractivity contribution in [2.75, 3.05) is 20.1 Å². The van der Waals surface area contributed by atoms with E-state index in [-0.39, 0.29) is 0 Å². The second-order valence-corrected chi connectivity index (χ2v) is 5.24. The molecule has 0 fully saturated rings. The molecule has 0 unspecified atom stereocenters. The van der Waals surface area contributed by atoms with Crippen LogP contribution in [-0.4, -0.2) is 36.1 Å². The van der Waals surface area contributed by atoms with Gasteiger partial charge in [-0.15, -0.1) is 0 Å². The van der Waals surface area contributed by atoms with Crippen molar-refractivity contribution >= 4 is 10.9 Å². The average molecular weight is 257 g/mol. The van der Waals surface area contributed by atoms with Gasteiger partial charge in [0, 0.05) is 37.3 Å². The summed E-state index contributed by atoms with van der Waals surface area (Å²) < 4.78 is 0. The molecule has 0 aliphatic heterocycles. The molecule has 1 aromatic heterocycles. The number of benzene rings is 1. The number of fused-ring (bicyclic) bond motifs is 1. The first kappa shape index (κ1) is 14.0. The van der Waals surface area contributed by atoms with Crippen molar-refractivity contribution in [2.45, 2.75) is 26.4 Å². The van der Waals surface area contributed by atoms with Gasteiger partial charge in [0.25, 0.3) is 0 Å². The van der Waals surface area contributed by atoms with E-state index in [0.29, 0.717) is 6.04 Å². The van der Waals surface area contributed by atoms with Crippen LogP contribution in [0.15, 0.2) is 36.5 Å². The lowest BCUT2D eigenvalue weighted by molar-refractivity contribution is 0.273. The third-order valence-corrected chi connectivity index (χ3v) is 3.55. The molecule has 0 spiro atoms. The molecule has 0 bridgehead atoms. The zero-order chi connectivity index (χ0) is 13.7. The van der Waals surface area contributed by atoms with Gasteiger partial charge < -0.3 is 10.2 Å². The molecular weight excluding hydrogens is 234 g/mol. The van der Waals surface area contributed by atoms with Crippen LogP contribution in [0.1, 0.15) is 19.4 Å². The maximum absolute atomic E-state index is 4.47. The van der Waals surface area contributed by atoms with Crippen molar-refractivity contribution in [1.29, 1.82) is 0 Å². The first-order valence-corrected chi connectivity index (χ1v) is 6.92. The van der Waals surface area contributed by atoms with E-state index in [2.05, 4.69) is 60.4 Å². The van der Waals surface area contributed by atoms with Crippen LogP contribution in [0.3, 0.4) is 0 Å². The van der Waals surface area contributed by atoms with Crippen molar-refractivity contribution in [1.82, 2.24) is 15.2 Å². The van der Waals surface area contributed by atoms with Crippen LogP contribution < -0.4 is 5.32 Å². The van der Waals surface area contributed by atoms with Gasteiger partial charge >= 0.3 is 0 Å². The van der Waals surface area contributed by atoms with Crippen LogP contribution >= 0.6 is 0 Å². The quantitative estimate of drug-likeness (QED) is 0.806. The summed E-state index contributed by atoms with van der Waals surface area (Å²) in [4.78, 5) is 6.81. The van der Waals surface area contributed by atoms with Gasteiger partial charge in [-0.1, -0.05) is 24.3 Å². The zero-order valence-electron chi connectivity index (χ0n) is 12.1. The monoisotopic (exact) mass is 257 g/mol. The highest BCUT2D eigenvalue weighted by Crippen LogP contribution is 2.15. The highest BCUT2D eigenvalue weighted by Gasteiger charge is 2.03. The molecule has 2 rings (SSSR count). The van der Waals surface area contributed by atoms with Crippen molar-refractivity contribution in [3.05, 3.63) is 42.1 Å². The first-order chi connectivity index (χ1) is 9.18. The number of hydrogen-bond acceptors (Lipinski definition) is 3. The SMILES string of the molecule is CC(C)N(C)CCNCc1cccc2cccnc12. The molecule has 3 nitrogen and oxygen atoms in total.